The number of halogens is 4. The molecule has 14 heavy (non-hydrogen) atoms. The minimum Gasteiger partial charge on any atom is -0.232 e. The molecule has 0 atom stereocenters. The molecule has 1 nitrogen and oxygen atoms in total. The van der Waals surface area contributed by atoms with Crippen LogP contribution in [0.25, 0.3) is 10.2 Å². The Balaban J connectivity index is 2.63. The van der Waals surface area contributed by atoms with Crippen LogP contribution in [0.3, 0.4) is 0 Å². The molecule has 0 radical (unpaired) electrons. The van der Waals surface area contributed by atoms with Crippen molar-refractivity contribution in [2.45, 2.75) is 6.18 Å². The van der Waals surface area contributed by atoms with Gasteiger partial charge in [-0.05, 0) is 18.2 Å². The van der Waals surface area contributed by atoms with Gasteiger partial charge in [-0.25, -0.2) is 4.98 Å². The first-order valence-electron chi connectivity index (χ1n) is 3.60. The van der Waals surface area contributed by atoms with E-state index in [1.807, 2.05) is 0 Å². The van der Waals surface area contributed by atoms with Crippen LogP contribution < -0.4 is 0 Å². The Kier molecular flexibility index (Phi) is 2.16. The van der Waals surface area contributed by atoms with Crippen molar-refractivity contribution < 1.29 is 13.2 Å². The molecule has 0 aliphatic carbocycles. The lowest BCUT2D eigenvalue weighted by Gasteiger charge is -1.98. The van der Waals surface area contributed by atoms with E-state index >= 15 is 0 Å². The summed E-state index contributed by atoms with van der Waals surface area (Å²) in [4.78, 5) is 3.45. The lowest BCUT2D eigenvalue weighted by molar-refractivity contribution is -0.137. The average Bonchev–Trinajstić information content (AvgIpc) is 2.45. The average molecular weight is 238 g/mol. The number of alkyl halides is 3. The summed E-state index contributed by atoms with van der Waals surface area (Å²) in [5.74, 6) is 0. The van der Waals surface area contributed by atoms with Gasteiger partial charge in [-0.15, -0.1) is 11.3 Å². The second kappa shape index (κ2) is 3.10. The normalized spacial score (nSPS) is 12.3. The molecular weight excluding hydrogens is 235 g/mol. The summed E-state index contributed by atoms with van der Waals surface area (Å²) in [6.07, 6.45) is -4.38. The van der Waals surface area contributed by atoms with Gasteiger partial charge in [-0.1, -0.05) is 11.6 Å². The molecule has 0 unspecified atom stereocenters. The highest BCUT2D eigenvalue weighted by Gasteiger charge is 2.34. The predicted octanol–water partition coefficient (Wildman–Crippen LogP) is 3.97. The van der Waals surface area contributed by atoms with Crippen LogP contribution in [0.1, 0.15) is 5.01 Å². The number of hydrogen-bond donors (Lipinski definition) is 0. The van der Waals surface area contributed by atoms with E-state index < -0.39 is 11.2 Å². The Hall–Kier alpha value is -0.810. The highest BCUT2D eigenvalue weighted by Crippen LogP contribution is 2.35. The third-order valence-electron chi connectivity index (χ3n) is 1.59. The van der Waals surface area contributed by atoms with Gasteiger partial charge in [0.1, 0.15) is 0 Å². The van der Waals surface area contributed by atoms with Gasteiger partial charge in [0.2, 0.25) is 0 Å². The lowest BCUT2D eigenvalue weighted by Crippen LogP contribution is -2.03. The van der Waals surface area contributed by atoms with Gasteiger partial charge >= 0.3 is 6.18 Å². The van der Waals surface area contributed by atoms with Crippen LogP contribution in [0.15, 0.2) is 18.2 Å². The monoisotopic (exact) mass is 237 g/mol. The van der Waals surface area contributed by atoms with Crippen molar-refractivity contribution in [3.63, 3.8) is 0 Å². The van der Waals surface area contributed by atoms with Gasteiger partial charge < -0.3 is 0 Å². The van der Waals surface area contributed by atoms with Gasteiger partial charge in [0.15, 0.2) is 5.01 Å². The topological polar surface area (TPSA) is 12.9 Å². The van der Waals surface area contributed by atoms with E-state index in [0.717, 1.165) is 0 Å². The largest absolute Gasteiger partial charge is 0.443 e. The van der Waals surface area contributed by atoms with E-state index in [-0.39, 0.29) is 5.52 Å². The molecule has 0 amide bonds. The van der Waals surface area contributed by atoms with Crippen molar-refractivity contribution in [3.8, 4) is 0 Å². The minimum atomic E-state index is -4.38. The maximum absolute atomic E-state index is 12.2. The number of aromatic nitrogens is 1. The Bertz CT molecular complexity index is 477. The quantitative estimate of drug-likeness (QED) is 0.676. The maximum Gasteiger partial charge on any atom is 0.443 e. The zero-order chi connectivity index (χ0) is 10.3. The van der Waals surface area contributed by atoms with Crippen molar-refractivity contribution >= 4 is 33.2 Å². The van der Waals surface area contributed by atoms with Crippen molar-refractivity contribution in [2.24, 2.45) is 0 Å². The standard InChI is InChI=1S/C8H3ClF3NS/c9-4-1-2-6-5(3-4)13-7(14-6)8(10,11)12/h1-3H. The molecule has 1 heterocycles. The number of rotatable bonds is 0. The predicted molar refractivity (Wildman–Crippen MR) is 49.6 cm³/mol. The molecule has 1 aromatic carbocycles. The van der Waals surface area contributed by atoms with Crippen LogP contribution in [-0.2, 0) is 6.18 Å². The van der Waals surface area contributed by atoms with Crippen molar-refractivity contribution in [1.82, 2.24) is 4.98 Å². The Morgan fingerprint density at radius 1 is 1.29 bits per heavy atom. The molecule has 0 aliphatic heterocycles. The lowest BCUT2D eigenvalue weighted by atomic mass is 10.3. The third kappa shape index (κ3) is 1.69. The number of thiazole rings is 1. The van der Waals surface area contributed by atoms with Gasteiger partial charge in [0.05, 0.1) is 10.2 Å². The molecule has 2 rings (SSSR count). The molecule has 0 saturated carbocycles. The second-order valence-corrected chi connectivity index (χ2v) is 4.10. The molecule has 1 aromatic heterocycles. The molecule has 74 valence electrons. The highest BCUT2D eigenvalue weighted by atomic mass is 35.5. The fourth-order valence-corrected chi connectivity index (χ4v) is 2.00. The summed E-state index contributed by atoms with van der Waals surface area (Å²) >= 11 is 6.24. The number of nitrogens with zero attached hydrogens (tertiary/aromatic N) is 1. The highest BCUT2D eigenvalue weighted by molar-refractivity contribution is 7.18. The van der Waals surface area contributed by atoms with Gasteiger partial charge in [0, 0.05) is 5.02 Å². The summed E-state index contributed by atoms with van der Waals surface area (Å²) < 4.78 is 37.2. The van der Waals surface area contributed by atoms with E-state index in [0.29, 0.717) is 21.1 Å². The number of benzene rings is 1. The molecule has 0 fully saturated rings. The van der Waals surface area contributed by atoms with Crippen molar-refractivity contribution in [1.29, 1.82) is 0 Å². The molecule has 2 aromatic rings. The molecule has 0 saturated heterocycles. The van der Waals surface area contributed by atoms with Gasteiger partial charge in [-0.2, -0.15) is 13.2 Å². The SMILES string of the molecule is FC(F)(F)c1nc2cc(Cl)ccc2s1. The van der Waals surface area contributed by atoms with E-state index in [1.165, 1.54) is 12.1 Å². The Labute approximate surface area is 86.1 Å². The first-order valence-corrected chi connectivity index (χ1v) is 4.79. The van der Waals surface area contributed by atoms with Gasteiger partial charge in [0.25, 0.3) is 0 Å². The second-order valence-electron chi connectivity index (χ2n) is 2.63. The molecular formula is C8H3ClF3NS. The van der Waals surface area contributed by atoms with Gasteiger partial charge in [-0.3, -0.25) is 0 Å². The van der Waals surface area contributed by atoms with Crippen LogP contribution in [0, 0.1) is 0 Å². The first-order chi connectivity index (χ1) is 6.47. The van der Waals surface area contributed by atoms with Crippen LogP contribution in [-0.4, -0.2) is 4.98 Å². The van der Waals surface area contributed by atoms with Crippen molar-refractivity contribution in [3.05, 3.63) is 28.2 Å². The van der Waals surface area contributed by atoms with Crippen LogP contribution in [0.5, 0.6) is 0 Å². The first kappa shape index (κ1) is 9.73. The van der Waals surface area contributed by atoms with E-state index in [4.69, 9.17) is 11.6 Å². The fraction of sp³-hybridized carbons (Fsp3) is 0.125. The molecule has 0 spiro atoms. The van der Waals surface area contributed by atoms with E-state index in [9.17, 15) is 13.2 Å². The minimum absolute atomic E-state index is 0.287. The summed E-state index contributed by atoms with van der Waals surface area (Å²) in [6, 6.07) is 4.50. The number of fused-ring (bicyclic) bond motifs is 1. The third-order valence-corrected chi connectivity index (χ3v) is 2.91. The summed E-state index contributed by atoms with van der Waals surface area (Å²) in [5, 5.41) is -0.453. The maximum atomic E-state index is 12.2. The molecule has 0 bridgehead atoms. The van der Waals surface area contributed by atoms with Crippen LogP contribution in [0.2, 0.25) is 5.02 Å². The van der Waals surface area contributed by atoms with E-state index in [1.54, 1.807) is 6.07 Å². The summed E-state index contributed by atoms with van der Waals surface area (Å²) in [6.45, 7) is 0. The van der Waals surface area contributed by atoms with Crippen LogP contribution >= 0.6 is 22.9 Å². The van der Waals surface area contributed by atoms with Crippen LogP contribution in [0.4, 0.5) is 13.2 Å². The van der Waals surface area contributed by atoms with E-state index in [2.05, 4.69) is 4.98 Å². The van der Waals surface area contributed by atoms with Crippen molar-refractivity contribution in [2.75, 3.05) is 0 Å². The fourth-order valence-electron chi connectivity index (χ4n) is 1.02. The molecule has 0 N–H and O–H groups in total. The smallest absolute Gasteiger partial charge is 0.232 e. The summed E-state index contributed by atoms with van der Waals surface area (Å²) in [7, 11) is 0. The molecule has 0 aliphatic rings. The zero-order valence-corrected chi connectivity index (χ0v) is 8.17. The zero-order valence-electron chi connectivity index (χ0n) is 6.60. The number of hydrogen-bond acceptors (Lipinski definition) is 2. The summed E-state index contributed by atoms with van der Waals surface area (Å²) in [5.41, 5.74) is 0.287. The Morgan fingerprint density at radius 2 is 2.00 bits per heavy atom. The molecule has 6 heteroatoms. The Morgan fingerprint density at radius 3 is 2.64 bits per heavy atom.